The van der Waals surface area contributed by atoms with Crippen molar-refractivity contribution in [2.24, 2.45) is 0 Å². The predicted molar refractivity (Wildman–Crippen MR) is 70.6 cm³/mol. The average Bonchev–Trinajstić information content (AvgIpc) is 2.96. The van der Waals surface area contributed by atoms with Gasteiger partial charge in [-0.25, -0.2) is 4.98 Å². The molecule has 0 aromatic carbocycles. The molecule has 0 bridgehead atoms. The Morgan fingerprint density at radius 1 is 1.53 bits per heavy atom. The van der Waals surface area contributed by atoms with E-state index >= 15 is 0 Å². The number of carbonyl (C=O) groups excluding carboxylic acids is 1. The Morgan fingerprint density at radius 3 is 2.89 bits per heavy atom. The SMILES string of the molecule is Cc1nc(C(C)C)sc1CNC(=O)Cn1ncnn1. The normalized spacial score (nSPS) is 10.9. The Morgan fingerprint density at radius 2 is 2.32 bits per heavy atom. The Bertz CT molecular complexity index is 548. The lowest BCUT2D eigenvalue weighted by Gasteiger charge is -2.03. The number of tetrazole rings is 1. The van der Waals surface area contributed by atoms with Gasteiger partial charge in [0.05, 0.1) is 17.2 Å². The molecular weight excluding hydrogens is 264 g/mol. The van der Waals surface area contributed by atoms with Gasteiger partial charge in [-0.1, -0.05) is 13.8 Å². The summed E-state index contributed by atoms with van der Waals surface area (Å²) in [7, 11) is 0. The molecule has 8 heteroatoms. The van der Waals surface area contributed by atoms with E-state index < -0.39 is 0 Å². The van der Waals surface area contributed by atoms with Crippen LogP contribution in [0.15, 0.2) is 6.33 Å². The molecule has 2 heterocycles. The molecule has 19 heavy (non-hydrogen) atoms. The van der Waals surface area contributed by atoms with Crippen LogP contribution in [0.1, 0.15) is 35.3 Å². The van der Waals surface area contributed by atoms with Crippen LogP contribution in [0.3, 0.4) is 0 Å². The lowest BCUT2D eigenvalue weighted by Crippen LogP contribution is -2.28. The molecule has 0 aliphatic rings. The van der Waals surface area contributed by atoms with Gasteiger partial charge in [-0.3, -0.25) is 4.79 Å². The maximum Gasteiger partial charge on any atom is 0.243 e. The molecule has 0 saturated heterocycles. The fourth-order valence-electron chi connectivity index (χ4n) is 1.49. The Balaban J connectivity index is 1.89. The minimum absolute atomic E-state index is 0.0783. The molecule has 2 aromatic rings. The van der Waals surface area contributed by atoms with Crippen LogP contribution in [0.5, 0.6) is 0 Å². The summed E-state index contributed by atoms with van der Waals surface area (Å²) >= 11 is 1.64. The monoisotopic (exact) mass is 280 g/mol. The van der Waals surface area contributed by atoms with Crippen molar-refractivity contribution in [3.8, 4) is 0 Å². The van der Waals surface area contributed by atoms with Gasteiger partial charge in [-0.2, -0.15) is 4.80 Å². The van der Waals surface area contributed by atoms with Crippen molar-refractivity contribution in [2.75, 3.05) is 0 Å². The molecule has 2 rings (SSSR count). The number of hydrogen-bond donors (Lipinski definition) is 1. The third-order valence-corrected chi connectivity index (χ3v) is 3.98. The maximum atomic E-state index is 11.7. The molecule has 0 atom stereocenters. The third-order valence-electron chi connectivity index (χ3n) is 2.53. The lowest BCUT2D eigenvalue weighted by molar-refractivity contribution is -0.122. The number of nitrogens with one attached hydrogen (secondary N) is 1. The molecule has 0 aliphatic heterocycles. The summed E-state index contributed by atoms with van der Waals surface area (Å²) in [5.74, 6) is 0.268. The largest absolute Gasteiger partial charge is 0.349 e. The smallest absolute Gasteiger partial charge is 0.243 e. The molecule has 1 amide bonds. The second-order valence-corrected chi connectivity index (χ2v) is 5.57. The quantitative estimate of drug-likeness (QED) is 0.878. The number of aromatic nitrogens is 5. The van der Waals surface area contributed by atoms with E-state index in [0.717, 1.165) is 15.6 Å². The first-order valence-corrected chi connectivity index (χ1v) is 6.81. The van der Waals surface area contributed by atoms with Crippen LogP contribution in [-0.2, 0) is 17.9 Å². The van der Waals surface area contributed by atoms with Gasteiger partial charge in [0.25, 0.3) is 0 Å². The molecule has 0 radical (unpaired) electrons. The first kappa shape index (κ1) is 13.6. The number of aryl methyl sites for hydroxylation is 1. The van der Waals surface area contributed by atoms with Crippen LogP contribution < -0.4 is 5.32 Å². The van der Waals surface area contributed by atoms with E-state index in [-0.39, 0.29) is 12.5 Å². The van der Waals surface area contributed by atoms with Gasteiger partial charge >= 0.3 is 0 Å². The third kappa shape index (κ3) is 3.57. The van der Waals surface area contributed by atoms with Gasteiger partial charge in [-0.15, -0.1) is 21.5 Å². The highest BCUT2D eigenvalue weighted by Gasteiger charge is 2.11. The lowest BCUT2D eigenvalue weighted by atomic mass is 10.2. The number of hydrogen-bond acceptors (Lipinski definition) is 6. The highest BCUT2D eigenvalue weighted by molar-refractivity contribution is 7.11. The number of amides is 1. The molecule has 102 valence electrons. The second kappa shape index (κ2) is 5.87. The molecule has 7 nitrogen and oxygen atoms in total. The van der Waals surface area contributed by atoms with Gasteiger partial charge in [0.15, 0.2) is 6.33 Å². The van der Waals surface area contributed by atoms with Crippen molar-refractivity contribution in [2.45, 2.75) is 39.8 Å². The van der Waals surface area contributed by atoms with Gasteiger partial charge in [0.2, 0.25) is 5.91 Å². The van der Waals surface area contributed by atoms with E-state index in [0.29, 0.717) is 12.5 Å². The van der Waals surface area contributed by atoms with Crippen molar-refractivity contribution in [1.29, 1.82) is 0 Å². The summed E-state index contributed by atoms with van der Waals surface area (Å²) in [6.45, 7) is 6.75. The zero-order valence-corrected chi connectivity index (χ0v) is 11.9. The first-order valence-electron chi connectivity index (χ1n) is 6.00. The highest BCUT2D eigenvalue weighted by atomic mass is 32.1. The van der Waals surface area contributed by atoms with Crippen LogP contribution in [0.25, 0.3) is 0 Å². The van der Waals surface area contributed by atoms with E-state index in [4.69, 9.17) is 0 Å². The summed E-state index contributed by atoms with van der Waals surface area (Å²) in [5, 5.41) is 14.9. The average molecular weight is 280 g/mol. The molecule has 1 N–H and O–H groups in total. The molecule has 0 fully saturated rings. The van der Waals surface area contributed by atoms with Crippen molar-refractivity contribution < 1.29 is 4.79 Å². The number of thiazole rings is 1. The fraction of sp³-hybridized carbons (Fsp3) is 0.545. The molecule has 0 unspecified atom stereocenters. The maximum absolute atomic E-state index is 11.7. The van der Waals surface area contributed by atoms with Gasteiger partial charge in [-0.05, 0) is 12.1 Å². The summed E-state index contributed by atoms with van der Waals surface area (Å²) in [5.41, 5.74) is 0.980. The van der Waals surface area contributed by atoms with Crippen LogP contribution in [0.2, 0.25) is 0 Å². The van der Waals surface area contributed by atoms with Crippen molar-refractivity contribution in [3.63, 3.8) is 0 Å². The van der Waals surface area contributed by atoms with Gasteiger partial charge in [0, 0.05) is 10.8 Å². The van der Waals surface area contributed by atoms with Crippen molar-refractivity contribution >= 4 is 17.2 Å². The topological polar surface area (TPSA) is 85.6 Å². The van der Waals surface area contributed by atoms with Crippen molar-refractivity contribution in [3.05, 3.63) is 21.9 Å². The number of rotatable bonds is 5. The molecule has 0 aliphatic carbocycles. The van der Waals surface area contributed by atoms with Crippen molar-refractivity contribution in [1.82, 2.24) is 30.5 Å². The van der Waals surface area contributed by atoms with Crippen LogP contribution in [0.4, 0.5) is 0 Å². The predicted octanol–water partition coefficient (Wildman–Crippen LogP) is 0.878. The Labute approximate surface area is 115 Å². The minimum Gasteiger partial charge on any atom is -0.349 e. The van der Waals surface area contributed by atoms with Gasteiger partial charge < -0.3 is 5.32 Å². The molecule has 2 aromatic heterocycles. The standard InChI is InChI=1S/C11H16N6OS/c1-7(2)11-15-8(3)9(19-11)4-12-10(18)5-17-14-6-13-16-17/h6-7H,4-5H2,1-3H3,(H,12,18). The summed E-state index contributed by atoms with van der Waals surface area (Å²) < 4.78 is 0. The minimum atomic E-state index is -0.142. The molecule has 0 spiro atoms. The second-order valence-electron chi connectivity index (χ2n) is 4.46. The van der Waals surface area contributed by atoms with E-state index in [9.17, 15) is 4.79 Å². The number of carbonyl (C=O) groups is 1. The Hall–Kier alpha value is -1.83. The summed E-state index contributed by atoms with van der Waals surface area (Å²) in [4.78, 5) is 18.5. The molecular formula is C11H16N6OS. The van der Waals surface area contributed by atoms with E-state index in [1.807, 2.05) is 6.92 Å². The Kier molecular flexibility index (Phi) is 4.20. The first-order chi connectivity index (χ1) is 9.06. The van der Waals surface area contributed by atoms with E-state index in [1.54, 1.807) is 11.3 Å². The van der Waals surface area contributed by atoms with Gasteiger partial charge in [0.1, 0.15) is 6.54 Å². The zero-order valence-electron chi connectivity index (χ0n) is 11.1. The van der Waals surface area contributed by atoms with Crippen LogP contribution >= 0.6 is 11.3 Å². The fourth-order valence-corrected chi connectivity index (χ4v) is 2.49. The van der Waals surface area contributed by atoms with E-state index in [2.05, 4.69) is 39.6 Å². The van der Waals surface area contributed by atoms with Crippen LogP contribution in [-0.4, -0.2) is 31.1 Å². The molecule has 0 saturated carbocycles. The zero-order chi connectivity index (χ0) is 13.8. The highest BCUT2D eigenvalue weighted by Crippen LogP contribution is 2.24. The summed E-state index contributed by atoms with van der Waals surface area (Å²) in [6, 6.07) is 0. The number of nitrogens with zero attached hydrogens (tertiary/aromatic N) is 5. The summed E-state index contributed by atoms with van der Waals surface area (Å²) in [6.07, 6.45) is 1.30. The van der Waals surface area contributed by atoms with Crippen LogP contribution in [0, 0.1) is 6.92 Å². The van der Waals surface area contributed by atoms with E-state index in [1.165, 1.54) is 11.1 Å².